The van der Waals surface area contributed by atoms with Crippen LogP contribution in [0.15, 0.2) is 11.6 Å². The monoisotopic (exact) mass is 250 g/mol. The molecule has 0 saturated heterocycles. The molecule has 0 spiro atoms. The fraction of sp³-hybridized carbons (Fsp3) is 0.800. The first-order valence-corrected chi connectivity index (χ1v) is 6.83. The van der Waals surface area contributed by atoms with Gasteiger partial charge in [-0.15, -0.1) is 0 Å². The summed E-state index contributed by atoms with van der Waals surface area (Å²) in [6, 6.07) is 0. The predicted octanol–water partition coefficient (Wildman–Crippen LogP) is 1.54. The van der Waals surface area contributed by atoms with Crippen molar-refractivity contribution in [3.63, 3.8) is 0 Å². The lowest BCUT2D eigenvalue weighted by molar-refractivity contribution is -0.118. The molecule has 0 amide bonds. The van der Waals surface area contributed by atoms with Crippen molar-refractivity contribution in [1.29, 1.82) is 0 Å². The molecule has 0 aromatic carbocycles. The van der Waals surface area contributed by atoms with Crippen molar-refractivity contribution >= 4 is 5.78 Å². The Labute approximate surface area is 108 Å². The molecule has 0 aromatic heterocycles. The molecule has 18 heavy (non-hydrogen) atoms. The molecule has 3 nitrogen and oxygen atoms in total. The van der Waals surface area contributed by atoms with Crippen LogP contribution >= 0.6 is 0 Å². The third-order valence-electron chi connectivity index (χ3n) is 6.04. The minimum Gasteiger partial charge on any atom is -0.390 e. The molecule has 2 N–H and O–H groups in total. The Balaban J connectivity index is 2.14. The van der Waals surface area contributed by atoms with E-state index in [-0.39, 0.29) is 28.4 Å². The first-order valence-electron chi connectivity index (χ1n) is 6.83. The number of hydrogen-bond acceptors (Lipinski definition) is 3. The molecular formula is C15H22O3. The van der Waals surface area contributed by atoms with E-state index in [4.69, 9.17) is 0 Å². The van der Waals surface area contributed by atoms with E-state index in [0.29, 0.717) is 12.3 Å². The molecule has 0 aromatic rings. The van der Waals surface area contributed by atoms with E-state index in [1.807, 2.05) is 0 Å². The SMILES string of the molecule is C[C@@H]1CC(=O)C=C2[C@@H](O)[C@@H](O)[C@@H]3[C@@H](C3(C)C)[C@]21C. The molecule has 0 radical (unpaired) electrons. The van der Waals surface area contributed by atoms with Gasteiger partial charge < -0.3 is 10.2 Å². The maximum absolute atomic E-state index is 11.7. The molecule has 0 heterocycles. The van der Waals surface area contributed by atoms with Crippen LogP contribution in [0, 0.1) is 28.6 Å². The van der Waals surface area contributed by atoms with E-state index in [2.05, 4.69) is 27.7 Å². The summed E-state index contributed by atoms with van der Waals surface area (Å²) in [5.41, 5.74) is 0.686. The van der Waals surface area contributed by atoms with Crippen molar-refractivity contribution in [1.82, 2.24) is 0 Å². The van der Waals surface area contributed by atoms with Gasteiger partial charge in [0.05, 0.1) is 6.10 Å². The molecule has 3 heteroatoms. The lowest BCUT2D eigenvalue weighted by Gasteiger charge is -2.47. The fourth-order valence-electron chi connectivity index (χ4n) is 4.92. The van der Waals surface area contributed by atoms with Gasteiger partial charge in [0, 0.05) is 6.42 Å². The number of aliphatic hydroxyl groups excluding tert-OH is 2. The largest absolute Gasteiger partial charge is 0.390 e. The van der Waals surface area contributed by atoms with E-state index in [9.17, 15) is 15.0 Å². The Hall–Kier alpha value is -0.670. The second kappa shape index (κ2) is 3.26. The zero-order valence-electron chi connectivity index (χ0n) is 11.5. The molecular weight excluding hydrogens is 228 g/mol. The van der Waals surface area contributed by atoms with Gasteiger partial charge in [-0.1, -0.05) is 27.7 Å². The Morgan fingerprint density at radius 1 is 1.28 bits per heavy atom. The van der Waals surface area contributed by atoms with Gasteiger partial charge in [-0.3, -0.25) is 4.79 Å². The Morgan fingerprint density at radius 2 is 1.89 bits per heavy atom. The van der Waals surface area contributed by atoms with Gasteiger partial charge in [-0.05, 0) is 40.2 Å². The highest BCUT2D eigenvalue weighted by molar-refractivity contribution is 5.92. The average molecular weight is 250 g/mol. The number of carbonyl (C=O) groups is 1. The van der Waals surface area contributed by atoms with Crippen LogP contribution in [0.1, 0.15) is 34.1 Å². The maximum atomic E-state index is 11.7. The molecule has 2 saturated carbocycles. The van der Waals surface area contributed by atoms with Crippen molar-refractivity contribution in [2.45, 2.75) is 46.3 Å². The third-order valence-corrected chi connectivity index (χ3v) is 6.04. The van der Waals surface area contributed by atoms with Crippen molar-refractivity contribution in [3.8, 4) is 0 Å². The summed E-state index contributed by atoms with van der Waals surface area (Å²) < 4.78 is 0. The van der Waals surface area contributed by atoms with E-state index >= 15 is 0 Å². The number of ketones is 1. The van der Waals surface area contributed by atoms with Crippen molar-refractivity contribution < 1.29 is 15.0 Å². The Morgan fingerprint density at radius 3 is 2.50 bits per heavy atom. The summed E-state index contributed by atoms with van der Waals surface area (Å²) >= 11 is 0. The normalized spacial score (nSPS) is 53.3. The second-order valence-corrected chi connectivity index (χ2v) is 7.21. The Bertz CT molecular complexity index is 451. The minimum atomic E-state index is -0.871. The minimum absolute atomic E-state index is 0.0549. The van der Waals surface area contributed by atoms with Gasteiger partial charge in [0.2, 0.25) is 0 Å². The molecule has 3 aliphatic carbocycles. The van der Waals surface area contributed by atoms with Crippen molar-refractivity contribution in [3.05, 3.63) is 11.6 Å². The van der Waals surface area contributed by atoms with Crippen LogP contribution in [0.2, 0.25) is 0 Å². The number of fused-ring (bicyclic) bond motifs is 3. The summed E-state index contributed by atoms with van der Waals surface area (Å²) in [4.78, 5) is 11.7. The van der Waals surface area contributed by atoms with E-state index in [1.165, 1.54) is 0 Å². The summed E-state index contributed by atoms with van der Waals surface area (Å²) in [6.07, 6.45) is 0.563. The summed E-state index contributed by atoms with van der Waals surface area (Å²) in [7, 11) is 0. The van der Waals surface area contributed by atoms with Crippen molar-refractivity contribution in [2.24, 2.45) is 28.6 Å². The van der Waals surface area contributed by atoms with Crippen LogP contribution in [0.5, 0.6) is 0 Å². The molecule has 0 bridgehead atoms. The number of rotatable bonds is 0. The van der Waals surface area contributed by atoms with Crippen LogP contribution < -0.4 is 0 Å². The molecule has 6 atom stereocenters. The zero-order chi connectivity index (χ0) is 13.5. The van der Waals surface area contributed by atoms with Crippen molar-refractivity contribution in [2.75, 3.05) is 0 Å². The predicted molar refractivity (Wildman–Crippen MR) is 67.8 cm³/mol. The fourth-order valence-corrected chi connectivity index (χ4v) is 4.92. The lowest BCUT2D eigenvalue weighted by atomic mass is 9.58. The highest BCUT2D eigenvalue weighted by Gasteiger charge is 2.73. The van der Waals surface area contributed by atoms with Crippen LogP contribution in [0.3, 0.4) is 0 Å². The molecule has 3 rings (SSSR count). The van der Waals surface area contributed by atoms with Crippen LogP contribution in [-0.2, 0) is 4.79 Å². The van der Waals surface area contributed by atoms with E-state index < -0.39 is 12.2 Å². The van der Waals surface area contributed by atoms with Crippen LogP contribution in [0.4, 0.5) is 0 Å². The number of allylic oxidation sites excluding steroid dienone is 1. The second-order valence-electron chi connectivity index (χ2n) is 7.21. The topological polar surface area (TPSA) is 57.5 Å². The van der Waals surface area contributed by atoms with Gasteiger partial charge in [-0.2, -0.15) is 0 Å². The standard InChI is InChI=1S/C15H22O3/c1-7-5-8(16)6-9-11(17)12(18)10-13(14(10,2)3)15(7,9)4/h6-7,10-13,17-18H,5H2,1-4H3/t7-,10-,11-,12+,13+,15+/m1/s1. The number of carbonyl (C=O) groups excluding carboxylic acids is 1. The van der Waals surface area contributed by atoms with Gasteiger partial charge in [0.25, 0.3) is 0 Å². The van der Waals surface area contributed by atoms with E-state index in [1.54, 1.807) is 6.08 Å². The number of aliphatic hydroxyl groups is 2. The zero-order valence-corrected chi connectivity index (χ0v) is 11.5. The van der Waals surface area contributed by atoms with Crippen LogP contribution in [-0.4, -0.2) is 28.2 Å². The molecule has 2 fully saturated rings. The summed E-state index contributed by atoms with van der Waals surface area (Å²) in [5.74, 6) is 0.850. The quantitative estimate of drug-likeness (QED) is 0.685. The van der Waals surface area contributed by atoms with E-state index in [0.717, 1.165) is 5.57 Å². The number of hydrogen-bond donors (Lipinski definition) is 2. The highest BCUT2D eigenvalue weighted by atomic mass is 16.3. The smallest absolute Gasteiger partial charge is 0.156 e. The van der Waals surface area contributed by atoms with Gasteiger partial charge in [-0.25, -0.2) is 0 Å². The summed E-state index contributed by atoms with van der Waals surface area (Å²) in [5, 5.41) is 20.6. The Kier molecular flexibility index (Phi) is 2.24. The molecule has 0 aliphatic heterocycles. The van der Waals surface area contributed by atoms with Gasteiger partial charge in [0.15, 0.2) is 5.78 Å². The maximum Gasteiger partial charge on any atom is 0.156 e. The first kappa shape index (κ1) is 12.4. The van der Waals surface area contributed by atoms with Gasteiger partial charge in [0.1, 0.15) is 6.10 Å². The molecule has 0 unspecified atom stereocenters. The highest BCUT2D eigenvalue weighted by Crippen LogP contribution is 2.74. The first-order chi connectivity index (χ1) is 8.22. The molecule has 100 valence electrons. The molecule has 3 aliphatic rings. The van der Waals surface area contributed by atoms with Gasteiger partial charge >= 0.3 is 0 Å². The average Bonchev–Trinajstić information content (AvgIpc) is 2.84. The third kappa shape index (κ3) is 1.19. The summed E-state index contributed by atoms with van der Waals surface area (Å²) in [6.45, 7) is 8.59. The van der Waals surface area contributed by atoms with Crippen LogP contribution in [0.25, 0.3) is 0 Å². The lowest BCUT2D eigenvalue weighted by Crippen LogP contribution is -2.48.